The molecule has 1 aromatic carbocycles. The second-order valence-electron chi connectivity index (χ2n) is 5.83. The molecule has 0 aliphatic carbocycles. The fourth-order valence-electron chi connectivity index (χ4n) is 1.81. The molecule has 0 aliphatic rings. The van der Waals surface area contributed by atoms with E-state index in [1.807, 2.05) is 20.8 Å². The highest BCUT2D eigenvalue weighted by molar-refractivity contribution is 9.08. The summed E-state index contributed by atoms with van der Waals surface area (Å²) < 4.78 is 27.4. The number of sulfonamides is 1. The molecule has 6 heteroatoms. The second-order valence-corrected chi connectivity index (χ2v) is 8.10. The van der Waals surface area contributed by atoms with E-state index in [0.29, 0.717) is 11.8 Å². The molecule has 0 saturated carbocycles. The largest absolute Gasteiger partial charge is 0.396 e. The van der Waals surface area contributed by atoms with Crippen molar-refractivity contribution in [3.63, 3.8) is 0 Å². The summed E-state index contributed by atoms with van der Waals surface area (Å²) >= 11 is 3.33. The van der Waals surface area contributed by atoms with Gasteiger partial charge >= 0.3 is 0 Å². The quantitative estimate of drug-likeness (QED) is 0.763. The number of hydrogen-bond acceptors (Lipinski definition) is 3. The first kappa shape index (κ1) is 17.6. The highest BCUT2D eigenvalue weighted by Gasteiger charge is 2.29. The lowest BCUT2D eigenvalue weighted by Gasteiger charge is -2.30. The minimum absolute atomic E-state index is 0.0486. The molecule has 0 spiro atoms. The van der Waals surface area contributed by atoms with Crippen LogP contribution in [0.15, 0.2) is 29.2 Å². The smallest absolute Gasteiger partial charge is 0.240 e. The standard InChI is InChI=1S/C14H22BrNO3S/c1-14(2,3)13(8-9-17)16-20(18,19)12-6-4-11(10-15)5-7-12/h4-7,13,16-17H,8-10H2,1-3H3. The summed E-state index contributed by atoms with van der Waals surface area (Å²) in [6.07, 6.45) is 0.391. The van der Waals surface area contributed by atoms with Crippen molar-refractivity contribution in [2.45, 2.75) is 43.5 Å². The first-order valence-corrected chi connectivity index (χ1v) is 9.09. The maximum Gasteiger partial charge on any atom is 0.240 e. The molecule has 1 aromatic rings. The molecule has 0 aromatic heterocycles. The summed E-state index contributed by atoms with van der Waals surface area (Å²) in [5.41, 5.74) is 0.762. The van der Waals surface area contributed by atoms with Crippen LogP contribution < -0.4 is 4.72 Å². The van der Waals surface area contributed by atoms with Crippen molar-refractivity contribution in [2.75, 3.05) is 6.61 Å². The summed E-state index contributed by atoms with van der Waals surface area (Å²) in [6, 6.07) is 6.44. The maximum atomic E-state index is 12.4. The Bertz CT molecular complexity index is 520. The molecule has 1 rings (SSSR count). The monoisotopic (exact) mass is 363 g/mol. The molecule has 0 heterocycles. The zero-order valence-electron chi connectivity index (χ0n) is 12.1. The van der Waals surface area contributed by atoms with Gasteiger partial charge in [-0.3, -0.25) is 0 Å². The predicted molar refractivity (Wildman–Crippen MR) is 84.3 cm³/mol. The van der Waals surface area contributed by atoms with Crippen LogP contribution in [-0.4, -0.2) is 26.2 Å². The molecule has 0 fully saturated rings. The van der Waals surface area contributed by atoms with Gasteiger partial charge in [-0.1, -0.05) is 48.8 Å². The second kappa shape index (κ2) is 7.02. The molecule has 114 valence electrons. The minimum Gasteiger partial charge on any atom is -0.396 e. The van der Waals surface area contributed by atoms with Gasteiger partial charge in [0.15, 0.2) is 0 Å². The first-order valence-electron chi connectivity index (χ1n) is 6.49. The van der Waals surface area contributed by atoms with E-state index in [2.05, 4.69) is 20.7 Å². The number of aliphatic hydroxyl groups excluding tert-OH is 1. The molecule has 4 nitrogen and oxygen atoms in total. The molecule has 0 bridgehead atoms. The van der Waals surface area contributed by atoms with Gasteiger partial charge in [0.25, 0.3) is 0 Å². The van der Waals surface area contributed by atoms with E-state index in [-0.39, 0.29) is 23.0 Å². The van der Waals surface area contributed by atoms with Crippen LogP contribution in [0.3, 0.4) is 0 Å². The molecule has 2 N–H and O–H groups in total. The summed E-state index contributed by atoms with van der Waals surface area (Å²) in [5, 5.41) is 9.79. The number of alkyl halides is 1. The molecule has 0 amide bonds. The highest BCUT2D eigenvalue weighted by Crippen LogP contribution is 2.24. The molecular formula is C14H22BrNO3S. The number of hydrogen-bond donors (Lipinski definition) is 2. The first-order chi connectivity index (χ1) is 9.20. The van der Waals surface area contributed by atoms with Gasteiger partial charge in [0, 0.05) is 18.0 Å². The van der Waals surface area contributed by atoms with Crippen molar-refractivity contribution < 1.29 is 13.5 Å². The number of nitrogens with one attached hydrogen (secondary N) is 1. The van der Waals surface area contributed by atoms with Crippen molar-refractivity contribution in [1.82, 2.24) is 4.72 Å². The van der Waals surface area contributed by atoms with Crippen LogP contribution in [0.5, 0.6) is 0 Å². The Labute approximate surface area is 129 Å². The minimum atomic E-state index is -3.57. The van der Waals surface area contributed by atoms with Crippen molar-refractivity contribution in [2.24, 2.45) is 5.41 Å². The molecule has 0 saturated heterocycles. The topological polar surface area (TPSA) is 66.4 Å². The average Bonchev–Trinajstić information content (AvgIpc) is 2.37. The lowest BCUT2D eigenvalue weighted by Crippen LogP contribution is -2.44. The van der Waals surface area contributed by atoms with Crippen molar-refractivity contribution in [3.8, 4) is 0 Å². The molecule has 1 unspecified atom stereocenters. The van der Waals surface area contributed by atoms with E-state index in [1.54, 1.807) is 24.3 Å². The third-order valence-electron chi connectivity index (χ3n) is 3.15. The Morgan fingerprint density at radius 1 is 1.25 bits per heavy atom. The molecule has 0 radical (unpaired) electrons. The molecule has 1 atom stereocenters. The lowest BCUT2D eigenvalue weighted by molar-refractivity contribution is 0.214. The van der Waals surface area contributed by atoms with E-state index in [0.717, 1.165) is 5.56 Å². The summed E-state index contributed by atoms with van der Waals surface area (Å²) in [6.45, 7) is 5.80. The zero-order valence-corrected chi connectivity index (χ0v) is 14.5. The van der Waals surface area contributed by atoms with Crippen LogP contribution >= 0.6 is 15.9 Å². The van der Waals surface area contributed by atoms with Gasteiger partial charge in [0.2, 0.25) is 10.0 Å². The van der Waals surface area contributed by atoms with Crippen LogP contribution in [0.2, 0.25) is 0 Å². The normalized spacial score (nSPS) is 14.2. The number of rotatable bonds is 6. The van der Waals surface area contributed by atoms with Gasteiger partial charge in [0.05, 0.1) is 4.90 Å². The fraction of sp³-hybridized carbons (Fsp3) is 0.571. The maximum absolute atomic E-state index is 12.4. The third-order valence-corrected chi connectivity index (χ3v) is 5.28. The molecule has 20 heavy (non-hydrogen) atoms. The van der Waals surface area contributed by atoms with Crippen LogP contribution in [0.25, 0.3) is 0 Å². The van der Waals surface area contributed by atoms with Crippen LogP contribution in [0.1, 0.15) is 32.8 Å². The van der Waals surface area contributed by atoms with E-state index in [4.69, 9.17) is 5.11 Å². The number of halogens is 1. The predicted octanol–water partition coefficient (Wildman–Crippen LogP) is 2.66. The number of aliphatic hydroxyl groups is 1. The van der Waals surface area contributed by atoms with Crippen LogP contribution in [-0.2, 0) is 15.4 Å². The van der Waals surface area contributed by atoms with Gasteiger partial charge in [0.1, 0.15) is 0 Å². The Balaban J connectivity index is 2.97. The van der Waals surface area contributed by atoms with Gasteiger partial charge in [-0.15, -0.1) is 0 Å². The van der Waals surface area contributed by atoms with Crippen molar-refractivity contribution >= 4 is 26.0 Å². The van der Waals surface area contributed by atoms with Gasteiger partial charge in [-0.2, -0.15) is 0 Å². The summed E-state index contributed by atoms with van der Waals surface area (Å²) in [7, 11) is -3.57. The lowest BCUT2D eigenvalue weighted by atomic mass is 9.86. The van der Waals surface area contributed by atoms with E-state index in [9.17, 15) is 8.42 Å². The van der Waals surface area contributed by atoms with Crippen LogP contribution in [0, 0.1) is 5.41 Å². The summed E-state index contributed by atoms with van der Waals surface area (Å²) in [4.78, 5) is 0.245. The van der Waals surface area contributed by atoms with Gasteiger partial charge in [-0.25, -0.2) is 13.1 Å². The Hall–Kier alpha value is -0.430. The van der Waals surface area contributed by atoms with Crippen molar-refractivity contribution in [3.05, 3.63) is 29.8 Å². The van der Waals surface area contributed by atoms with Crippen molar-refractivity contribution in [1.29, 1.82) is 0 Å². The Morgan fingerprint density at radius 3 is 2.20 bits per heavy atom. The van der Waals surface area contributed by atoms with Crippen LogP contribution in [0.4, 0.5) is 0 Å². The average molecular weight is 364 g/mol. The molecular weight excluding hydrogens is 342 g/mol. The zero-order chi connectivity index (χ0) is 15.4. The number of benzene rings is 1. The van der Waals surface area contributed by atoms with E-state index >= 15 is 0 Å². The Morgan fingerprint density at radius 2 is 1.80 bits per heavy atom. The SMILES string of the molecule is CC(C)(C)C(CCO)NS(=O)(=O)c1ccc(CBr)cc1. The Kier molecular flexibility index (Phi) is 6.19. The summed E-state index contributed by atoms with van der Waals surface area (Å²) in [5.74, 6) is 0. The van der Waals surface area contributed by atoms with Gasteiger partial charge in [-0.05, 0) is 29.5 Å². The van der Waals surface area contributed by atoms with E-state index < -0.39 is 10.0 Å². The molecule has 0 aliphatic heterocycles. The van der Waals surface area contributed by atoms with Gasteiger partial charge < -0.3 is 5.11 Å². The van der Waals surface area contributed by atoms with E-state index in [1.165, 1.54) is 0 Å². The third kappa shape index (κ3) is 4.84. The highest BCUT2D eigenvalue weighted by atomic mass is 79.9. The fourth-order valence-corrected chi connectivity index (χ4v) is 3.66.